The lowest BCUT2D eigenvalue weighted by atomic mass is 9.97. The van der Waals surface area contributed by atoms with Gasteiger partial charge >= 0.3 is 0 Å². The molecule has 1 heterocycles. The molecule has 1 fully saturated rings. The maximum absolute atomic E-state index is 11.7. The molecule has 6 nitrogen and oxygen atoms in total. The lowest BCUT2D eigenvalue weighted by molar-refractivity contribution is -0.128. The van der Waals surface area contributed by atoms with E-state index in [0.717, 1.165) is 19.4 Å². The average Bonchev–Trinajstić information content (AvgIpc) is 2.25. The van der Waals surface area contributed by atoms with Gasteiger partial charge in [0.05, 0.1) is 12.5 Å². The molecule has 1 unspecified atom stereocenters. The highest BCUT2D eigenvalue weighted by Crippen LogP contribution is 2.15. The van der Waals surface area contributed by atoms with Crippen LogP contribution in [0.25, 0.3) is 0 Å². The van der Waals surface area contributed by atoms with Gasteiger partial charge in [0.15, 0.2) is 0 Å². The first-order valence-corrected chi connectivity index (χ1v) is 5.62. The number of nitrogens with zero attached hydrogens (tertiary/aromatic N) is 1. The number of carbonyl (C=O) groups excluding carboxylic acids is 2. The highest BCUT2D eigenvalue weighted by Gasteiger charge is 2.25. The van der Waals surface area contributed by atoms with Crippen LogP contribution >= 0.6 is 0 Å². The quantitative estimate of drug-likeness (QED) is 0.520. The molecule has 0 aromatic heterocycles. The van der Waals surface area contributed by atoms with Gasteiger partial charge in [0.25, 0.3) is 0 Å². The summed E-state index contributed by atoms with van der Waals surface area (Å²) in [6.07, 6.45) is 1.79. The van der Waals surface area contributed by atoms with E-state index >= 15 is 0 Å². The Morgan fingerprint density at radius 1 is 1.44 bits per heavy atom. The van der Waals surface area contributed by atoms with Gasteiger partial charge in [0, 0.05) is 19.6 Å². The summed E-state index contributed by atoms with van der Waals surface area (Å²) in [4.78, 5) is 24.4. The molecule has 92 valence electrons. The Morgan fingerprint density at radius 3 is 2.81 bits per heavy atom. The Labute approximate surface area is 95.3 Å². The Kier molecular flexibility index (Phi) is 5.21. The summed E-state index contributed by atoms with van der Waals surface area (Å²) in [7, 11) is 0. The molecule has 1 aliphatic heterocycles. The number of nitrogens with two attached hydrogens (primary N) is 2. The number of amides is 2. The Morgan fingerprint density at radius 2 is 2.19 bits per heavy atom. The number of nitrogens with one attached hydrogen (secondary N) is 1. The molecule has 0 bridgehead atoms. The highest BCUT2D eigenvalue weighted by molar-refractivity contribution is 5.79. The van der Waals surface area contributed by atoms with Crippen LogP contribution in [0, 0.1) is 5.92 Å². The fraction of sp³-hybridized carbons (Fsp3) is 0.800. The van der Waals surface area contributed by atoms with Crippen LogP contribution in [0.4, 0.5) is 0 Å². The van der Waals surface area contributed by atoms with Crippen molar-refractivity contribution in [1.82, 2.24) is 10.2 Å². The molecule has 0 radical (unpaired) electrons. The van der Waals surface area contributed by atoms with Gasteiger partial charge in [-0.1, -0.05) is 0 Å². The Bertz CT molecular complexity index is 257. The summed E-state index contributed by atoms with van der Waals surface area (Å²) in [5.41, 5.74) is 10.4. The van der Waals surface area contributed by atoms with Gasteiger partial charge in [-0.05, 0) is 19.4 Å². The van der Waals surface area contributed by atoms with Gasteiger partial charge in [-0.3, -0.25) is 14.5 Å². The number of rotatable bonds is 5. The van der Waals surface area contributed by atoms with Crippen molar-refractivity contribution in [3.8, 4) is 0 Å². The summed E-state index contributed by atoms with van der Waals surface area (Å²) in [5, 5.41) is 2.77. The zero-order chi connectivity index (χ0) is 12.0. The largest absolute Gasteiger partial charge is 0.369 e. The molecule has 0 aliphatic carbocycles. The van der Waals surface area contributed by atoms with Gasteiger partial charge < -0.3 is 16.8 Å². The third kappa shape index (κ3) is 4.16. The first kappa shape index (κ1) is 12.9. The third-order valence-electron chi connectivity index (χ3n) is 2.70. The summed E-state index contributed by atoms with van der Waals surface area (Å²) in [6.45, 7) is 2.64. The maximum Gasteiger partial charge on any atom is 0.231 e. The molecular formula is C10H20N4O2. The molecule has 1 saturated heterocycles. The van der Waals surface area contributed by atoms with Gasteiger partial charge in [0.2, 0.25) is 11.8 Å². The van der Waals surface area contributed by atoms with Crippen LogP contribution in [0.5, 0.6) is 0 Å². The summed E-state index contributed by atoms with van der Waals surface area (Å²) < 4.78 is 0. The summed E-state index contributed by atoms with van der Waals surface area (Å²) >= 11 is 0. The molecule has 0 spiro atoms. The topological polar surface area (TPSA) is 101 Å². The minimum atomic E-state index is -0.344. The van der Waals surface area contributed by atoms with Gasteiger partial charge in [-0.25, -0.2) is 0 Å². The highest BCUT2D eigenvalue weighted by atomic mass is 16.2. The van der Waals surface area contributed by atoms with E-state index in [0.29, 0.717) is 19.6 Å². The minimum Gasteiger partial charge on any atom is -0.369 e. The van der Waals surface area contributed by atoms with E-state index in [4.69, 9.17) is 11.5 Å². The monoisotopic (exact) mass is 228 g/mol. The smallest absolute Gasteiger partial charge is 0.231 e. The average molecular weight is 228 g/mol. The molecule has 0 aromatic carbocycles. The first-order chi connectivity index (χ1) is 7.63. The molecule has 16 heavy (non-hydrogen) atoms. The molecule has 5 N–H and O–H groups in total. The van der Waals surface area contributed by atoms with E-state index in [2.05, 4.69) is 5.32 Å². The molecule has 1 aliphatic rings. The number of likely N-dealkylation sites (tertiary alicyclic amines) is 1. The van der Waals surface area contributed by atoms with Crippen molar-refractivity contribution in [1.29, 1.82) is 0 Å². The zero-order valence-corrected chi connectivity index (χ0v) is 9.45. The second-order valence-electron chi connectivity index (χ2n) is 4.12. The van der Waals surface area contributed by atoms with Gasteiger partial charge in [0.1, 0.15) is 0 Å². The van der Waals surface area contributed by atoms with Crippen molar-refractivity contribution >= 4 is 11.8 Å². The Hall–Kier alpha value is -1.14. The number of hydrogen-bond donors (Lipinski definition) is 3. The molecule has 0 aromatic rings. The number of primary amides is 1. The van der Waals surface area contributed by atoms with Crippen molar-refractivity contribution in [2.24, 2.45) is 17.4 Å². The van der Waals surface area contributed by atoms with E-state index in [9.17, 15) is 9.59 Å². The number of piperidine rings is 1. The zero-order valence-electron chi connectivity index (χ0n) is 9.45. The van der Waals surface area contributed by atoms with Crippen LogP contribution in [0.2, 0.25) is 0 Å². The molecular weight excluding hydrogens is 208 g/mol. The summed E-state index contributed by atoms with van der Waals surface area (Å²) in [6, 6.07) is 0. The van der Waals surface area contributed by atoms with Gasteiger partial charge in [-0.15, -0.1) is 0 Å². The molecule has 6 heteroatoms. The van der Waals surface area contributed by atoms with Crippen molar-refractivity contribution in [3.63, 3.8) is 0 Å². The SMILES string of the molecule is NCCNC(=O)C1CCCN(CC(N)=O)C1. The maximum atomic E-state index is 11.7. The molecule has 2 amide bonds. The second kappa shape index (κ2) is 6.44. The standard InChI is InChI=1S/C10H20N4O2/c11-3-4-13-10(16)8-2-1-5-14(6-8)7-9(12)15/h8H,1-7,11H2,(H2,12,15)(H,13,16). The van der Waals surface area contributed by atoms with Crippen LogP contribution in [0.3, 0.4) is 0 Å². The van der Waals surface area contributed by atoms with Crippen molar-refractivity contribution < 1.29 is 9.59 Å². The predicted octanol–water partition coefficient (Wildman–Crippen LogP) is -1.74. The Balaban J connectivity index is 2.37. The third-order valence-corrected chi connectivity index (χ3v) is 2.70. The number of hydrogen-bond acceptors (Lipinski definition) is 4. The van der Waals surface area contributed by atoms with Gasteiger partial charge in [-0.2, -0.15) is 0 Å². The molecule has 0 saturated carbocycles. The molecule has 1 atom stereocenters. The minimum absolute atomic E-state index is 0.0274. The van der Waals surface area contributed by atoms with Crippen LogP contribution in [0.1, 0.15) is 12.8 Å². The lowest BCUT2D eigenvalue weighted by Crippen LogP contribution is -2.46. The van der Waals surface area contributed by atoms with E-state index in [1.54, 1.807) is 0 Å². The normalized spacial score (nSPS) is 21.7. The fourth-order valence-electron chi connectivity index (χ4n) is 1.97. The molecule has 1 rings (SSSR count). The number of carbonyl (C=O) groups is 2. The van der Waals surface area contributed by atoms with Crippen LogP contribution in [-0.2, 0) is 9.59 Å². The second-order valence-corrected chi connectivity index (χ2v) is 4.12. The van der Waals surface area contributed by atoms with Crippen LogP contribution in [-0.4, -0.2) is 49.4 Å². The predicted molar refractivity (Wildman–Crippen MR) is 60.4 cm³/mol. The van der Waals surface area contributed by atoms with Crippen molar-refractivity contribution in [2.75, 3.05) is 32.7 Å². The lowest BCUT2D eigenvalue weighted by Gasteiger charge is -2.30. The van der Waals surface area contributed by atoms with Crippen molar-refractivity contribution in [3.05, 3.63) is 0 Å². The fourth-order valence-corrected chi connectivity index (χ4v) is 1.97. The van der Waals surface area contributed by atoms with E-state index < -0.39 is 0 Å². The first-order valence-electron chi connectivity index (χ1n) is 5.62. The van der Waals surface area contributed by atoms with E-state index in [1.807, 2.05) is 4.90 Å². The van der Waals surface area contributed by atoms with Crippen LogP contribution < -0.4 is 16.8 Å². The van der Waals surface area contributed by atoms with E-state index in [-0.39, 0.29) is 24.3 Å². The van der Waals surface area contributed by atoms with Crippen molar-refractivity contribution in [2.45, 2.75) is 12.8 Å². The summed E-state index contributed by atoms with van der Waals surface area (Å²) in [5.74, 6) is -0.359. The van der Waals surface area contributed by atoms with Crippen LogP contribution in [0.15, 0.2) is 0 Å². The van der Waals surface area contributed by atoms with E-state index in [1.165, 1.54) is 0 Å².